The number of hydrogen-bond acceptors (Lipinski definition) is 5. The molecule has 0 saturated carbocycles. The van der Waals surface area contributed by atoms with Crippen LogP contribution in [0, 0.1) is 6.92 Å². The van der Waals surface area contributed by atoms with Crippen molar-refractivity contribution >= 4 is 27.3 Å². The number of nitrogens with one attached hydrogen (secondary N) is 1. The number of aryl methyl sites for hydroxylation is 1. The molecular weight excluding hydrogens is 312 g/mol. The van der Waals surface area contributed by atoms with Gasteiger partial charge in [-0.25, -0.2) is 13.4 Å². The summed E-state index contributed by atoms with van der Waals surface area (Å²) in [4.78, 5) is 8.34. The molecule has 6 nitrogen and oxygen atoms in total. The van der Waals surface area contributed by atoms with E-state index in [4.69, 9.17) is 11.6 Å². The fraction of sp³-hybridized carbons (Fsp3) is 0.615. The predicted octanol–water partition coefficient (Wildman–Crippen LogP) is 1.03. The van der Waals surface area contributed by atoms with Crippen LogP contribution in [0.2, 0.25) is 5.15 Å². The third-order valence-electron chi connectivity index (χ3n) is 3.51. The normalized spacial score (nSPS) is 17.9. The second-order valence-corrected chi connectivity index (χ2v) is 7.62. The summed E-state index contributed by atoms with van der Waals surface area (Å²) in [5, 5.41) is 0.170. The van der Waals surface area contributed by atoms with Crippen LogP contribution in [0.4, 0.5) is 5.69 Å². The molecule has 0 amide bonds. The first-order chi connectivity index (χ1) is 9.85. The van der Waals surface area contributed by atoms with Crippen LogP contribution >= 0.6 is 11.6 Å². The lowest BCUT2D eigenvalue weighted by atomic mass is 10.3. The van der Waals surface area contributed by atoms with E-state index in [2.05, 4.69) is 26.6 Å². The first kappa shape index (κ1) is 16.5. The molecule has 0 spiro atoms. The van der Waals surface area contributed by atoms with Crippen molar-refractivity contribution in [3.05, 3.63) is 23.0 Å². The van der Waals surface area contributed by atoms with Gasteiger partial charge in [0.05, 0.1) is 11.4 Å². The van der Waals surface area contributed by atoms with Crippen LogP contribution < -0.4 is 4.72 Å². The van der Waals surface area contributed by atoms with Gasteiger partial charge in [0.15, 0.2) is 5.15 Å². The van der Waals surface area contributed by atoms with Crippen LogP contribution in [-0.4, -0.2) is 68.7 Å². The summed E-state index contributed by atoms with van der Waals surface area (Å²) in [7, 11) is -1.34. The van der Waals surface area contributed by atoms with Crippen molar-refractivity contribution in [1.29, 1.82) is 0 Å². The second-order valence-electron chi connectivity index (χ2n) is 5.42. The van der Waals surface area contributed by atoms with E-state index in [1.165, 1.54) is 0 Å². The van der Waals surface area contributed by atoms with E-state index in [0.717, 1.165) is 31.7 Å². The van der Waals surface area contributed by atoms with Crippen LogP contribution in [0.3, 0.4) is 0 Å². The maximum Gasteiger partial charge on any atom is 0.234 e. The van der Waals surface area contributed by atoms with E-state index >= 15 is 0 Å². The monoisotopic (exact) mass is 332 g/mol. The van der Waals surface area contributed by atoms with Crippen LogP contribution in [-0.2, 0) is 10.0 Å². The molecule has 0 aliphatic carbocycles. The minimum Gasteiger partial charge on any atom is -0.304 e. The minimum atomic E-state index is -3.42. The first-order valence-corrected chi connectivity index (χ1v) is 8.92. The maximum atomic E-state index is 12.1. The lowest BCUT2D eigenvalue weighted by Crippen LogP contribution is -2.46. The third-order valence-corrected chi connectivity index (χ3v) is 5.07. The van der Waals surface area contributed by atoms with Gasteiger partial charge in [-0.15, -0.1) is 0 Å². The first-order valence-electron chi connectivity index (χ1n) is 6.89. The van der Waals surface area contributed by atoms with Gasteiger partial charge in [0.25, 0.3) is 0 Å². The van der Waals surface area contributed by atoms with Gasteiger partial charge in [-0.1, -0.05) is 11.6 Å². The topological polar surface area (TPSA) is 65.5 Å². The highest BCUT2D eigenvalue weighted by Gasteiger charge is 2.18. The number of likely N-dealkylation sites (N-methyl/N-ethyl adjacent to an activating group) is 1. The van der Waals surface area contributed by atoms with Gasteiger partial charge in [0, 0.05) is 38.9 Å². The van der Waals surface area contributed by atoms with Crippen molar-refractivity contribution in [2.45, 2.75) is 6.92 Å². The molecule has 1 aliphatic rings. The zero-order valence-electron chi connectivity index (χ0n) is 12.3. The van der Waals surface area contributed by atoms with Crippen LogP contribution in [0.25, 0.3) is 0 Å². The van der Waals surface area contributed by atoms with E-state index < -0.39 is 10.0 Å². The third kappa shape index (κ3) is 5.10. The number of nitrogens with zero attached hydrogens (tertiary/aromatic N) is 3. The van der Waals surface area contributed by atoms with Crippen molar-refractivity contribution < 1.29 is 8.42 Å². The SMILES string of the molecule is Cc1cnc(Cl)c(NS(=O)(=O)CCN2CCN(C)CC2)c1. The fourth-order valence-corrected chi connectivity index (χ4v) is 3.46. The highest BCUT2D eigenvalue weighted by atomic mass is 35.5. The molecule has 0 aromatic carbocycles. The zero-order valence-corrected chi connectivity index (χ0v) is 13.9. The molecule has 1 fully saturated rings. The number of halogens is 1. The van der Waals surface area contributed by atoms with E-state index in [-0.39, 0.29) is 10.9 Å². The summed E-state index contributed by atoms with van der Waals surface area (Å²) in [5.41, 5.74) is 1.20. The average molecular weight is 333 g/mol. The molecule has 0 bridgehead atoms. The van der Waals surface area contributed by atoms with Crippen molar-refractivity contribution in [2.75, 3.05) is 50.2 Å². The summed E-state index contributed by atoms with van der Waals surface area (Å²) in [5.74, 6) is 0.0565. The fourth-order valence-electron chi connectivity index (χ4n) is 2.16. The van der Waals surface area contributed by atoms with Gasteiger partial charge >= 0.3 is 0 Å². The molecule has 8 heteroatoms. The Morgan fingerprint density at radius 2 is 2.00 bits per heavy atom. The largest absolute Gasteiger partial charge is 0.304 e. The van der Waals surface area contributed by atoms with Crippen molar-refractivity contribution in [2.24, 2.45) is 0 Å². The standard InChI is InChI=1S/C13H21ClN4O2S/c1-11-9-12(13(14)15-10-11)16-21(19,20)8-7-18-5-3-17(2)4-6-18/h9-10,16H,3-8H2,1-2H3. The lowest BCUT2D eigenvalue weighted by molar-refractivity contribution is 0.161. The van der Waals surface area contributed by atoms with Crippen molar-refractivity contribution in [3.63, 3.8) is 0 Å². The summed E-state index contributed by atoms with van der Waals surface area (Å²) >= 11 is 5.91. The van der Waals surface area contributed by atoms with Gasteiger partial charge in [-0.05, 0) is 25.6 Å². The molecule has 0 unspecified atom stereocenters. The van der Waals surface area contributed by atoms with E-state index in [1.807, 2.05) is 6.92 Å². The van der Waals surface area contributed by atoms with Crippen molar-refractivity contribution in [3.8, 4) is 0 Å². The molecule has 1 aromatic heterocycles. The predicted molar refractivity (Wildman–Crippen MR) is 85.3 cm³/mol. The Hall–Kier alpha value is -0.890. The Morgan fingerprint density at radius 3 is 2.67 bits per heavy atom. The lowest BCUT2D eigenvalue weighted by Gasteiger charge is -2.32. The molecule has 21 heavy (non-hydrogen) atoms. The van der Waals surface area contributed by atoms with Gasteiger partial charge in [0.2, 0.25) is 10.0 Å². The van der Waals surface area contributed by atoms with Gasteiger partial charge in [-0.3, -0.25) is 9.62 Å². The number of rotatable bonds is 5. The Morgan fingerprint density at radius 1 is 1.33 bits per heavy atom. The number of hydrogen-bond donors (Lipinski definition) is 1. The van der Waals surface area contributed by atoms with Crippen LogP contribution in [0.1, 0.15) is 5.56 Å². The highest BCUT2D eigenvalue weighted by Crippen LogP contribution is 2.21. The summed E-state index contributed by atoms with van der Waals surface area (Å²) in [6, 6.07) is 1.68. The molecule has 2 heterocycles. The summed E-state index contributed by atoms with van der Waals surface area (Å²) < 4.78 is 26.8. The maximum absolute atomic E-state index is 12.1. The molecule has 1 saturated heterocycles. The van der Waals surface area contributed by atoms with E-state index in [9.17, 15) is 8.42 Å². The van der Waals surface area contributed by atoms with Gasteiger partial charge in [0.1, 0.15) is 0 Å². The smallest absolute Gasteiger partial charge is 0.234 e. The van der Waals surface area contributed by atoms with E-state index in [0.29, 0.717) is 12.2 Å². The number of piperazine rings is 1. The molecule has 1 aromatic rings. The van der Waals surface area contributed by atoms with Crippen LogP contribution in [0.15, 0.2) is 12.3 Å². The van der Waals surface area contributed by atoms with Gasteiger partial charge in [-0.2, -0.15) is 0 Å². The number of sulfonamides is 1. The number of aromatic nitrogens is 1. The molecular formula is C13H21ClN4O2S. The van der Waals surface area contributed by atoms with Gasteiger partial charge < -0.3 is 4.90 Å². The molecule has 0 atom stereocenters. The molecule has 118 valence electrons. The molecule has 0 radical (unpaired) electrons. The Kier molecular flexibility index (Phi) is 5.43. The number of anilines is 1. The van der Waals surface area contributed by atoms with Crippen molar-refractivity contribution in [1.82, 2.24) is 14.8 Å². The zero-order chi connectivity index (χ0) is 15.5. The molecule has 2 rings (SSSR count). The number of pyridine rings is 1. The summed E-state index contributed by atoms with van der Waals surface area (Å²) in [6.45, 7) is 6.12. The highest BCUT2D eigenvalue weighted by molar-refractivity contribution is 7.92. The quantitative estimate of drug-likeness (QED) is 0.816. The Labute approximate surface area is 131 Å². The molecule has 1 aliphatic heterocycles. The van der Waals surface area contributed by atoms with E-state index in [1.54, 1.807) is 12.3 Å². The minimum absolute atomic E-state index is 0.0565. The Balaban J connectivity index is 1.91. The summed E-state index contributed by atoms with van der Waals surface area (Å²) in [6.07, 6.45) is 1.60. The Bertz CT molecular complexity index is 586. The van der Waals surface area contributed by atoms with Crippen LogP contribution in [0.5, 0.6) is 0 Å². The average Bonchev–Trinajstić information content (AvgIpc) is 2.42. The molecule has 1 N–H and O–H groups in total. The second kappa shape index (κ2) is 6.91.